The maximum atomic E-state index is 12.0. The molecule has 0 fully saturated rings. The predicted molar refractivity (Wildman–Crippen MR) is 76.1 cm³/mol. The number of nitrogens with zero attached hydrogens (tertiary/aromatic N) is 1. The van der Waals surface area contributed by atoms with Crippen LogP contribution in [0.2, 0.25) is 0 Å². The molecule has 20 heavy (non-hydrogen) atoms. The molecule has 1 aromatic carbocycles. The summed E-state index contributed by atoms with van der Waals surface area (Å²) in [6.07, 6.45) is 0.121. The lowest BCUT2D eigenvalue weighted by Crippen LogP contribution is -2.12. The van der Waals surface area contributed by atoms with E-state index in [4.69, 9.17) is 9.15 Å². The van der Waals surface area contributed by atoms with Crippen molar-refractivity contribution in [1.82, 2.24) is 4.98 Å². The van der Waals surface area contributed by atoms with E-state index < -0.39 is 0 Å². The fourth-order valence-corrected chi connectivity index (χ4v) is 1.82. The summed E-state index contributed by atoms with van der Waals surface area (Å²) in [5, 5.41) is 2.76. The highest BCUT2D eigenvalue weighted by molar-refractivity contribution is 6.02. The second-order valence-electron chi connectivity index (χ2n) is 4.79. The molecule has 106 valence electrons. The van der Waals surface area contributed by atoms with E-state index in [1.165, 1.54) is 0 Å². The summed E-state index contributed by atoms with van der Waals surface area (Å²) >= 11 is 0. The number of oxazole rings is 1. The second kappa shape index (κ2) is 5.77. The Hall–Kier alpha value is -2.30. The lowest BCUT2D eigenvalue weighted by Gasteiger charge is -2.10. The number of hydrogen-bond acceptors (Lipinski definition) is 4. The molecule has 0 saturated heterocycles. The minimum atomic E-state index is -0.305. The number of benzene rings is 1. The van der Waals surface area contributed by atoms with E-state index >= 15 is 0 Å². The Morgan fingerprint density at radius 3 is 2.40 bits per heavy atom. The van der Waals surface area contributed by atoms with Gasteiger partial charge in [-0.3, -0.25) is 4.79 Å². The maximum Gasteiger partial charge on any atom is 0.293 e. The van der Waals surface area contributed by atoms with Crippen molar-refractivity contribution >= 4 is 11.6 Å². The van der Waals surface area contributed by atoms with Crippen molar-refractivity contribution in [2.75, 3.05) is 5.32 Å². The summed E-state index contributed by atoms with van der Waals surface area (Å²) in [6, 6.07) is 7.20. The lowest BCUT2D eigenvalue weighted by atomic mass is 10.2. The number of amides is 1. The van der Waals surface area contributed by atoms with E-state index in [1.54, 1.807) is 26.0 Å². The summed E-state index contributed by atoms with van der Waals surface area (Å²) < 4.78 is 10.8. The van der Waals surface area contributed by atoms with Crippen LogP contribution in [0.5, 0.6) is 5.75 Å². The first-order chi connectivity index (χ1) is 9.45. The molecule has 1 heterocycles. The highest BCUT2D eigenvalue weighted by Crippen LogP contribution is 2.18. The minimum absolute atomic E-state index is 0.121. The third kappa shape index (κ3) is 3.38. The van der Waals surface area contributed by atoms with Gasteiger partial charge in [-0.1, -0.05) is 0 Å². The molecule has 0 aliphatic rings. The number of carbonyl (C=O) groups is 1. The Morgan fingerprint density at radius 1 is 1.25 bits per heavy atom. The van der Waals surface area contributed by atoms with Crippen LogP contribution in [0.1, 0.15) is 36.0 Å². The molecule has 5 nitrogen and oxygen atoms in total. The zero-order chi connectivity index (χ0) is 14.7. The molecule has 2 rings (SSSR count). The van der Waals surface area contributed by atoms with Gasteiger partial charge in [0, 0.05) is 12.6 Å². The fourth-order valence-electron chi connectivity index (χ4n) is 1.82. The van der Waals surface area contributed by atoms with Gasteiger partial charge in [0.15, 0.2) is 5.89 Å². The van der Waals surface area contributed by atoms with E-state index in [9.17, 15) is 4.79 Å². The summed E-state index contributed by atoms with van der Waals surface area (Å²) in [6.45, 7) is 7.38. The average molecular weight is 274 g/mol. The van der Waals surface area contributed by atoms with E-state index in [2.05, 4.69) is 10.3 Å². The molecule has 5 heteroatoms. The minimum Gasteiger partial charge on any atom is -0.491 e. The molecule has 0 aliphatic carbocycles. The molecule has 1 N–H and O–H groups in total. The van der Waals surface area contributed by atoms with E-state index in [-0.39, 0.29) is 17.8 Å². The first kappa shape index (κ1) is 14.1. The Bertz CT molecular complexity index is 600. The summed E-state index contributed by atoms with van der Waals surface area (Å²) in [4.78, 5) is 16.1. The van der Waals surface area contributed by atoms with Crippen LogP contribution in [-0.4, -0.2) is 17.0 Å². The maximum absolute atomic E-state index is 12.0. The van der Waals surface area contributed by atoms with Crippen molar-refractivity contribution in [3.8, 4) is 5.75 Å². The number of aromatic nitrogens is 1. The van der Waals surface area contributed by atoms with Crippen LogP contribution < -0.4 is 10.1 Å². The van der Waals surface area contributed by atoms with Crippen molar-refractivity contribution in [3.05, 3.63) is 41.6 Å². The Kier molecular flexibility index (Phi) is 4.08. The van der Waals surface area contributed by atoms with E-state index in [0.717, 1.165) is 5.75 Å². The first-order valence-electron chi connectivity index (χ1n) is 6.48. The normalized spacial score (nSPS) is 10.7. The Morgan fingerprint density at radius 2 is 1.90 bits per heavy atom. The molecule has 0 aliphatic heterocycles. The fraction of sp³-hybridized carbons (Fsp3) is 0.333. The summed E-state index contributed by atoms with van der Waals surface area (Å²) in [5.41, 5.74) is 1.26. The van der Waals surface area contributed by atoms with Gasteiger partial charge in [-0.25, -0.2) is 4.98 Å². The second-order valence-corrected chi connectivity index (χ2v) is 4.79. The monoisotopic (exact) mass is 274 g/mol. The number of ether oxygens (including phenoxy) is 1. The molecule has 2 aromatic rings. The zero-order valence-electron chi connectivity index (χ0n) is 12.1. The largest absolute Gasteiger partial charge is 0.491 e. The third-order valence-corrected chi connectivity index (χ3v) is 2.59. The van der Waals surface area contributed by atoms with Crippen LogP contribution in [0.25, 0.3) is 0 Å². The number of carbonyl (C=O) groups excluding carboxylic acids is 1. The van der Waals surface area contributed by atoms with Gasteiger partial charge in [0.25, 0.3) is 5.91 Å². The van der Waals surface area contributed by atoms with Crippen LogP contribution >= 0.6 is 0 Å². The van der Waals surface area contributed by atoms with Crippen molar-refractivity contribution < 1.29 is 13.9 Å². The molecular weight excluding hydrogens is 256 g/mol. The first-order valence-corrected chi connectivity index (χ1v) is 6.48. The SMILES string of the molecule is Cc1nc(C)c(C(=O)Nc2ccc(OC(C)C)cc2)o1. The van der Waals surface area contributed by atoms with E-state index in [0.29, 0.717) is 17.3 Å². The highest BCUT2D eigenvalue weighted by Gasteiger charge is 2.15. The number of anilines is 1. The smallest absolute Gasteiger partial charge is 0.293 e. The van der Waals surface area contributed by atoms with Crippen LogP contribution in [0.4, 0.5) is 5.69 Å². The number of nitrogens with one attached hydrogen (secondary N) is 1. The Labute approximate surface area is 118 Å². The molecule has 1 aromatic heterocycles. The molecule has 1 amide bonds. The summed E-state index contributed by atoms with van der Waals surface area (Å²) in [5.74, 6) is 1.18. The van der Waals surface area contributed by atoms with Gasteiger partial charge in [-0.15, -0.1) is 0 Å². The molecule has 0 atom stereocenters. The van der Waals surface area contributed by atoms with Gasteiger partial charge in [0.1, 0.15) is 5.75 Å². The van der Waals surface area contributed by atoms with E-state index in [1.807, 2.05) is 26.0 Å². The highest BCUT2D eigenvalue weighted by atomic mass is 16.5. The van der Waals surface area contributed by atoms with Gasteiger partial charge in [-0.05, 0) is 45.0 Å². The standard InChI is InChI=1S/C15H18N2O3/c1-9(2)19-13-7-5-12(6-8-13)17-15(18)14-10(3)16-11(4)20-14/h5-9H,1-4H3,(H,17,18). The predicted octanol–water partition coefficient (Wildman–Crippen LogP) is 3.33. The van der Waals surface area contributed by atoms with Crippen LogP contribution in [0.3, 0.4) is 0 Å². The number of hydrogen-bond donors (Lipinski definition) is 1. The van der Waals surface area contributed by atoms with Crippen LogP contribution in [0.15, 0.2) is 28.7 Å². The lowest BCUT2D eigenvalue weighted by molar-refractivity contribution is 0.0994. The Balaban J connectivity index is 2.06. The van der Waals surface area contributed by atoms with Crippen molar-refractivity contribution in [1.29, 1.82) is 0 Å². The average Bonchev–Trinajstić information content (AvgIpc) is 2.70. The van der Waals surface area contributed by atoms with Gasteiger partial charge >= 0.3 is 0 Å². The molecule has 0 bridgehead atoms. The van der Waals surface area contributed by atoms with Crippen LogP contribution in [-0.2, 0) is 0 Å². The third-order valence-electron chi connectivity index (χ3n) is 2.59. The van der Waals surface area contributed by atoms with Gasteiger partial charge in [0.05, 0.1) is 11.8 Å². The number of rotatable bonds is 4. The number of aryl methyl sites for hydroxylation is 2. The molecule has 0 unspecified atom stereocenters. The molecule has 0 radical (unpaired) electrons. The van der Waals surface area contributed by atoms with Crippen LogP contribution in [0, 0.1) is 13.8 Å². The van der Waals surface area contributed by atoms with Crippen molar-refractivity contribution in [2.24, 2.45) is 0 Å². The zero-order valence-corrected chi connectivity index (χ0v) is 12.1. The summed E-state index contributed by atoms with van der Waals surface area (Å²) in [7, 11) is 0. The van der Waals surface area contributed by atoms with Gasteiger partial charge < -0.3 is 14.5 Å². The molecular formula is C15H18N2O3. The quantitative estimate of drug-likeness (QED) is 0.928. The van der Waals surface area contributed by atoms with Crippen molar-refractivity contribution in [3.63, 3.8) is 0 Å². The van der Waals surface area contributed by atoms with Gasteiger partial charge in [0.2, 0.25) is 5.76 Å². The molecule has 0 saturated carbocycles. The molecule has 0 spiro atoms. The topological polar surface area (TPSA) is 64.4 Å². The van der Waals surface area contributed by atoms with Gasteiger partial charge in [-0.2, -0.15) is 0 Å². The van der Waals surface area contributed by atoms with Crippen molar-refractivity contribution in [2.45, 2.75) is 33.8 Å².